The number of carbonyl (C=O) groups is 2. The largest absolute Gasteiger partial charge is 0.493 e. The molecule has 0 atom stereocenters. The van der Waals surface area contributed by atoms with E-state index in [0.717, 1.165) is 22.4 Å². The number of ether oxygens (including phenoxy) is 2. The van der Waals surface area contributed by atoms with Gasteiger partial charge in [0.25, 0.3) is 11.8 Å². The van der Waals surface area contributed by atoms with E-state index in [1.807, 2.05) is 39.0 Å². The molecule has 0 radical (unpaired) electrons. The summed E-state index contributed by atoms with van der Waals surface area (Å²) >= 11 is 1.29. The van der Waals surface area contributed by atoms with Gasteiger partial charge in [-0.15, -0.1) is 0 Å². The number of rotatable bonds is 7. The van der Waals surface area contributed by atoms with Crippen molar-refractivity contribution in [2.24, 2.45) is 4.99 Å². The Morgan fingerprint density at radius 3 is 2.61 bits per heavy atom. The molecule has 2 aromatic carbocycles. The van der Waals surface area contributed by atoms with Crippen molar-refractivity contribution >= 4 is 40.5 Å². The molecule has 162 valence electrons. The smallest absolute Gasteiger partial charge is 0.264 e. The Balaban J connectivity index is 1.77. The number of amidine groups is 1. The Hall–Kier alpha value is -3.26. The molecule has 0 spiro atoms. The third-order valence-corrected chi connectivity index (χ3v) is 5.43. The Morgan fingerprint density at radius 1 is 1.19 bits per heavy atom. The number of thioether (sulfide) groups is 1. The van der Waals surface area contributed by atoms with Crippen molar-refractivity contribution in [1.82, 2.24) is 10.6 Å². The van der Waals surface area contributed by atoms with Crippen molar-refractivity contribution in [1.29, 1.82) is 0 Å². The first-order valence-electron chi connectivity index (χ1n) is 9.84. The number of nitrogens with zero attached hydrogens (tertiary/aromatic N) is 1. The molecular weight excluding hydrogens is 414 g/mol. The van der Waals surface area contributed by atoms with Crippen LogP contribution in [0.4, 0.5) is 5.69 Å². The Kier molecular flexibility index (Phi) is 7.36. The second kappa shape index (κ2) is 10.2. The molecule has 0 aliphatic carbocycles. The van der Waals surface area contributed by atoms with E-state index in [2.05, 4.69) is 15.6 Å². The molecule has 1 saturated heterocycles. The molecule has 2 amide bonds. The fourth-order valence-electron chi connectivity index (χ4n) is 3.00. The minimum atomic E-state index is -0.203. The summed E-state index contributed by atoms with van der Waals surface area (Å²) in [5.74, 6) is 0.527. The van der Waals surface area contributed by atoms with Gasteiger partial charge in [-0.05, 0) is 67.4 Å². The highest BCUT2D eigenvalue weighted by atomic mass is 32.2. The van der Waals surface area contributed by atoms with E-state index < -0.39 is 0 Å². The average Bonchev–Trinajstić information content (AvgIpc) is 3.08. The molecule has 2 N–H and O–H groups in total. The average molecular weight is 440 g/mol. The number of likely N-dealkylation sites (N-methyl/N-ethyl adjacent to an activating group) is 1. The van der Waals surface area contributed by atoms with Crippen LogP contribution in [0.5, 0.6) is 11.5 Å². The van der Waals surface area contributed by atoms with Gasteiger partial charge in [0, 0.05) is 6.54 Å². The number of hydrogen-bond donors (Lipinski definition) is 2. The topological polar surface area (TPSA) is 89.0 Å². The number of amides is 2. The summed E-state index contributed by atoms with van der Waals surface area (Å²) in [6.07, 6.45) is 1.77. The van der Waals surface area contributed by atoms with Crippen LogP contribution in [0.15, 0.2) is 46.3 Å². The number of nitrogens with one attached hydrogen (secondary N) is 2. The lowest BCUT2D eigenvalue weighted by molar-refractivity contribution is -0.123. The van der Waals surface area contributed by atoms with Crippen molar-refractivity contribution in [3.05, 3.63) is 58.0 Å². The summed E-state index contributed by atoms with van der Waals surface area (Å²) in [4.78, 5) is 29.2. The fourth-order valence-corrected chi connectivity index (χ4v) is 3.83. The molecule has 1 aliphatic heterocycles. The van der Waals surface area contributed by atoms with Crippen molar-refractivity contribution in [2.75, 3.05) is 20.3 Å². The first kappa shape index (κ1) is 22.4. The molecular formula is C23H25N3O4S. The predicted molar refractivity (Wildman–Crippen MR) is 124 cm³/mol. The van der Waals surface area contributed by atoms with Gasteiger partial charge in [0.15, 0.2) is 23.3 Å². The number of aryl methyl sites for hydroxylation is 2. The molecule has 0 bridgehead atoms. The molecule has 1 aliphatic rings. The minimum Gasteiger partial charge on any atom is -0.493 e. The molecule has 0 unspecified atom stereocenters. The van der Waals surface area contributed by atoms with E-state index in [9.17, 15) is 9.59 Å². The second-order valence-corrected chi connectivity index (χ2v) is 7.91. The zero-order valence-corrected chi connectivity index (χ0v) is 18.8. The van der Waals surface area contributed by atoms with Gasteiger partial charge < -0.3 is 20.1 Å². The quantitative estimate of drug-likeness (QED) is 0.642. The number of hydrogen-bond acceptors (Lipinski definition) is 6. The number of methoxy groups -OCH3 is 1. The van der Waals surface area contributed by atoms with Gasteiger partial charge in [-0.1, -0.05) is 24.3 Å². The normalized spacial score (nSPS) is 15.8. The molecule has 0 saturated carbocycles. The molecule has 3 rings (SSSR count). The van der Waals surface area contributed by atoms with Crippen LogP contribution in [-0.2, 0) is 9.59 Å². The Morgan fingerprint density at radius 2 is 1.94 bits per heavy atom. The van der Waals surface area contributed by atoms with Crippen LogP contribution >= 0.6 is 11.8 Å². The monoisotopic (exact) mass is 439 g/mol. The molecule has 8 heteroatoms. The highest BCUT2D eigenvalue weighted by Crippen LogP contribution is 2.33. The van der Waals surface area contributed by atoms with E-state index in [0.29, 0.717) is 28.1 Å². The van der Waals surface area contributed by atoms with Gasteiger partial charge in [0.2, 0.25) is 0 Å². The maximum absolute atomic E-state index is 12.4. The maximum Gasteiger partial charge on any atom is 0.264 e. The molecule has 1 fully saturated rings. The molecule has 7 nitrogen and oxygen atoms in total. The van der Waals surface area contributed by atoms with Crippen LogP contribution < -0.4 is 20.1 Å². The lowest BCUT2D eigenvalue weighted by atomic mass is 10.1. The third kappa shape index (κ3) is 5.67. The second-order valence-electron chi connectivity index (χ2n) is 6.87. The zero-order chi connectivity index (χ0) is 22.4. The first-order chi connectivity index (χ1) is 14.9. The lowest BCUT2D eigenvalue weighted by Crippen LogP contribution is -2.28. The van der Waals surface area contributed by atoms with E-state index >= 15 is 0 Å². The van der Waals surface area contributed by atoms with E-state index in [1.165, 1.54) is 18.9 Å². The predicted octanol–water partition coefficient (Wildman–Crippen LogP) is 3.72. The number of aliphatic imine (C=N–C) groups is 1. The summed E-state index contributed by atoms with van der Waals surface area (Å²) in [7, 11) is 1.53. The Labute approximate surface area is 185 Å². The van der Waals surface area contributed by atoms with Gasteiger partial charge in [-0.25, -0.2) is 4.99 Å². The third-order valence-electron chi connectivity index (χ3n) is 4.52. The van der Waals surface area contributed by atoms with E-state index in [-0.39, 0.29) is 18.4 Å². The first-order valence-corrected chi connectivity index (χ1v) is 10.7. The number of carbonyl (C=O) groups excluding carboxylic acids is 2. The van der Waals surface area contributed by atoms with Gasteiger partial charge in [0.1, 0.15) is 0 Å². The van der Waals surface area contributed by atoms with Crippen molar-refractivity contribution in [3.63, 3.8) is 0 Å². The SMILES string of the molecule is CCNC(=O)COc1ccc(/C=C2\SC(=Nc3c(C)cccc3C)NC2=O)cc1OC. The highest BCUT2D eigenvalue weighted by Gasteiger charge is 2.24. The van der Waals surface area contributed by atoms with Gasteiger partial charge >= 0.3 is 0 Å². The standard InChI is InChI=1S/C23H25N3O4S/c1-5-24-20(27)13-30-17-10-9-16(11-18(17)29-4)12-19-22(28)26-23(31-19)25-21-14(2)7-6-8-15(21)3/h6-12H,5,13H2,1-4H3,(H,24,27)(H,25,26,28)/b19-12-. The maximum atomic E-state index is 12.4. The van der Waals surface area contributed by atoms with Gasteiger partial charge in [0.05, 0.1) is 17.7 Å². The highest BCUT2D eigenvalue weighted by molar-refractivity contribution is 8.18. The zero-order valence-electron chi connectivity index (χ0n) is 17.9. The van der Waals surface area contributed by atoms with Crippen LogP contribution in [-0.4, -0.2) is 37.2 Å². The summed E-state index contributed by atoms with van der Waals surface area (Å²) in [6, 6.07) is 11.2. The van der Waals surface area contributed by atoms with Crippen LogP contribution in [0.3, 0.4) is 0 Å². The summed E-state index contributed by atoms with van der Waals surface area (Å²) < 4.78 is 10.9. The van der Waals surface area contributed by atoms with Crippen molar-refractivity contribution in [2.45, 2.75) is 20.8 Å². The van der Waals surface area contributed by atoms with Crippen LogP contribution in [0.25, 0.3) is 6.08 Å². The molecule has 31 heavy (non-hydrogen) atoms. The summed E-state index contributed by atoms with van der Waals surface area (Å²) in [5, 5.41) is 6.03. The van der Waals surface area contributed by atoms with Crippen LogP contribution in [0.1, 0.15) is 23.6 Å². The summed E-state index contributed by atoms with van der Waals surface area (Å²) in [6.45, 7) is 6.27. The molecule has 0 aromatic heterocycles. The lowest BCUT2D eigenvalue weighted by Gasteiger charge is -2.11. The van der Waals surface area contributed by atoms with Crippen molar-refractivity contribution in [3.8, 4) is 11.5 Å². The fraction of sp³-hybridized carbons (Fsp3) is 0.261. The minimum absolute atomic E-state index is 0.0962. The van der Waals surface area contributed by atoms with E-state index in [4.69, 9.17) is 9.47 Å². The van der Waals surface area contributed by atoms with Crippen LogP contribution in [0, 0.1) is 13.8 Å². The molecule has 1 heterocycles. The number of benzene rings is 2. The van der Waals surface area contributed by atoms with Gasteiger partial charge in [-0.2, -0.15) is 0 Å². The number of para-hydroxylation sites is 1. The van der Waals surface area contributed by atoms with Crippen LogP contribution in [0.2, 0.25) is 0 Å². The summed E-state index contributed by atoms with van der Waals surface area (Å²) in [5.41, 5.74) is 3.73. The van der Waals surface area contributed by atoms with Gasteiger partial charge in [-0.3, -0.25) is 9.59 Å². The van der Waals surface area contributed by atoms with Crippen molar-refractivity contribution < 1.29 is 19.1 Å². The molecule has 2 aromatic rings. The Bertz CT molecular complexity index is 1040. The van der Waals surface area contributed by atoms with E-state index in [1.54, 1.807) is 24.3 Å².